The van der Waals surface area contributed by atoms with Gasteiger partial charge in [0.15, 0.2) is 0 Å². The molecule has 1 fully saturated rings. The van der Waals surface area contributed by atoms with E-state index in [9.17, 15) is 4.79 Å². The van der Waals surface area contributed by atoms with E-state index in [-0.39, 0.29) is 12.0 Å². The summed E-state index contributed by atoms with van der Waals surface area (Å²) in [4.78, 5) is 14.3. The van der Waals surface area contributed by atoms with Crippen LogP contribution < -0.4 is 0 Å². The Morgan fingerprint density at radius 3 is 2.12 bits per heavy atom. The third-order valence-electron chi connectivity index (χ3n) is 3.19. The molecule has 0 aromatic heterocycles. The lowest BCUT2D eigenvalue weighted by Crippen LogP contribution is -2.48. The molecule has 3 unspecified atom stereocenters. The molecule has 3 heteroatoms. The molecule has 1 saturated heterocycles. The maximum Gasteiger partial charge on any atom is 0.323 e. The second-order valence-corrected chi connectivity index (χ2v) is 6.61. The largest absolute Gasteiger partial charge is 0.459 e. The first-order chi connectivity index (χ1) is 7.69. The van der Waals surface area contributed by atoms with E-state index >= 15 is 0 Å². The number of piperidine rings is 1. The van der Waals surface area contributed by atoms with Crippen LogP contribution in [0.15, 0.2) is 0 Å². The van der Waals surface area contributed by atoms with E-state index in [1.54, 1.807) is 0 Å². The summed E-state index contributed by atoms with van der Waals surface area (Å²) in [5.41, 5.74) is -0.391. The van der Waals surface area contributed by atoms with Crippen LogP contribution >= 0.6 is 0 Å². The second-order valence-electron chi connectivity index (χ2n) is 6.61. The highest BCUT2D eigenvalue weighted by molar-refractivity contribution is 5.75. The Morgan fingerprint density at radius 2 is 1.71 bits per heavy atom. The standard InChI is InChI=1S/C14H27NO2/c1-10-7-11(2)9-15(8-10)12(3)13(16)17-14(4,5)6/h10-12H,7-9H2,1-6H3. The summed E-state index contributed by atoms with van der Waals surface area (Å²) in [6.45, 7) is 14.2. The molecule has 0 aromatic carbocycles. The molecular formula is C14H27NO2. The molecule has 0 spiro atoms. The Kier molecular flexibility index (Phi) is 4.59. The number of likely N-dealkylation sites (tertiary alicyclic amines) is 1. The molecule has 100 valence electrons. The topological polar surface area (TPSA) is 29.5 Å². The van der Waals surface area contributed by atoms with Crippen molar-refractivity contribution in [2.75, 3.05) is 13.1 Å². The summed E-state index contributed by atoms with van der Waals surface area (Å²) in [6.07, 6.45) is 1.26. The van der Waals surface area contributed by atoms with Crippen molar-refractivity contribution in [3.8, 4) is 0 Å². The normalized spacial score (nSPS) is 28.8. The minimum absolute atomic E-state index is 0.0983. The minimum Gasteiger partial charge on any atom is -0.459 e. The zero-order valence-corrected chi connectivity index (χ0v) is 12.1. The zero-order chi connectivity index (χ0) is 13.2. The van der Waals surface area contributed by atoms with E-state index in [4.69, 9.17) is 4.74 Å². The molecule has 0 bridgehead atoms. The Labute approximate surface area is 106 Å². The van der Waals surface area contributed by atoms with E-state index in [0.29, 0.717) is 11.8 Å². The van der Waals surface area contributed by atoms with Gasteiger partial charge in [-0.1, -0.05) is 13.8 Å². The monoisotopic (exact) mass is 241 g/mol. The number of hydrogen-bond donors (Lipinski definition) is 0. The van der Waals surface area contributed by atoms with Crippen molar-refractivity contribution in [3.05, 3.63) is 0 Å². The van der Waals surface area contributed by atoms with Gasteiger partial charge in [-0.15, -0.1) is 0 Å². The van der Waals surface area contributed by atoms with Gasteiger partial charge < -0.3 is 4.74 Å². The third kappa shape index (κ3) is 4.66. The van der Waals surface area contributed by atoms with Gasteiger partial charge in [0.2, 0.25) is 0 Å². The van der Waals surface area contributed by atoms with Crippen molar-refractivity contribution < 1.29 is 9.53 Å². The molecule has 17 heavy (non-hydrogen) atoms. The highest BCUT2D eigenvalue weighted by Crippen LogP contribution is 2.23. The van der Waals surface area contributed by atoms with Crippen molar-refractivity contribution in [3.63, 3.8) is 0 Å². The summed E-state index contributed by atoms with van der Waals surface area (Å²) in [5.74, 6) is 1.24. The quantitative estimate of drug-likeness (QED) is 0.696. The molecule has 1 aliphatic heterocycles. The number of rotatable bonds is 2. The molecular weight excluding hydrogens is 214 g/mol. The lowest BCUT2D eigenvalue weighted by Gasteiger charge is -2.38. The predicted octanol–water partition coefficient (Wildman–Crippen LogP) is 2.69. The van der Waals surface area contributed by atoms with Crippen LogP contribution in [0.5, 0.6) is 0 Å². The van der Waals surface area contributed by atoms with Crippen LogP contribution in [0.2, 0.25) is 0 Å². The number of carbonyl (C=O) groups is 1. The Balaban J connectivity index is 2.57. The molecule has 0 N–H and O–H groups in total. The van der Waals surface area contributed by atoms with Crippen LogP contribution in [0.3, 0.4) is 0 Å². The number of hydrogen-bond acceptors (Lipinski definition) is 3. The van der Waals surface area contributed by atoms with Gasteiger partial charge in [0.05, 0.1) is 0 Å². The average Bonchev–Trinajstić information content (AvgIpc) is 2.12. The fourth-order valence-corrected chi connectivity index (χ4v) is 2.56. The van der Waals surface area contributed by atoms with Crippen molar-refractivity contribution in [2.45, 2.75) is 59.6 Å². The van der Waals surface area contributed by atoms with Crippen molar-refractivity contribution in [1.29, 1.82) is 0 Å². The molecule has 0 aromatic rings. The van der Waals surface area contributed by atoms with Gasteiger partial charge in [-0.2, -0.15) is 0 Å². The van der Waals surface area contributed by atoms with E-state index in [1.807, 2.05) is 27.7 Å². The highest BCUT2D eigenvalue weighted by Gasteiger charge is 2.31. The van der Waals surface area contributed by atoms with E-state index in [0.717, 1.165) is 13.1 Å². The van der Waals surface area contributed by atoms with E-state index in [1.165, 1.54) is 6.42 Å². The van der Waals surface area contributed by atoms with Gasteiger partial charge in [0.1, 0.15) is 11.6 Å². The maximum absolute atomic E-state index is 12.0. The summed E-state index contributed by atoms with van der Waals surface area (Å²) in [6, 6.07) is -0.126. The Bertz CT molecular complexity index is 260. The highest BCUT2D eigenvalue weighted by atomic mass is 16.6. The van der Waals surface area contributed by atoms with Gasteiger partial charge in [-0.25, -0.2) is 0 Å². The van der Waals surface area contributed by atoms with Crippen molar-refractivity contribution >= 4 is 5.97 Å². The van der Waals surface area contributed by atoms with Gasteiger partial charge in [0, 0.05) is 13.1 Å². The third-order valence-corrected chi connectivity index (χ3v) is 3.19. The molecule has 0 radical (unpaired) electrons. The number of esters is 1. The Morgan fingerprint density at radius 1 is 1.24 bits per heavy atom. The summed E-state index contributed by atoms with van der Waals surface area (Å²) in [5, 5.41) is 0. The lowest BCUT2D eigenvalue weighted by molar-refractivity contribution is -0.161. The maximum atomic E-state index is 12.0. The zero-order valence-electron chi connectivity index (χ0n) is 12.1. The number of nitrogens with zero attached hydrogens (tertiary/aromatic N) is 1. The average molecular weight is 241 g/mol. The summed E-state index contributed by atoms with van der Waals surface area (Å²) < 4.78 is 5.44. The SMILES string of the molecule is CC1CC(C)CN(C(C)C(=O)OC(C)(C)C)C1. The van der Waals surface area contributed by atoms with Crippen LogP contribution in [-0.4, -0.2) is 35.6 Å². The number of ether oxygens (including phenoxy) is 1. The molecule has 1 heterocycles. The minimum atomic E-state index is -0.391. The Hall–Kier alpha value is -0.570. The van der Waals surface area contributed by atoms with Gasteiger partial charge in [0.25, 0.3) is 0 Å². The van der Waals surface area contributed by atoms with E-state index in [2.05, 4.69) is 18.7 Å². The van der Waals surface area contributed by atoms with Crippen LogP contribution in [-0.2, 0) is 9.53 Å². The fourth-order valence-electron chi connectivity index (χ4n) is 2.56. The van der Waals surface area contributed by atoms with E-state index < -0.39 is 5.60 Å². The predicted molar refractivity (Wildman–Crippen MR) is 69.8 cm³/mol. The van der Waals surface area contributed by atoms with Crippen molar-refractivity contribution in [1.82, 2.24) is 4.90 Å². The first kappa shape index (κ1) is 14.5. The first-order valence-electron chi connectivity index (χ1n) is 6.66. The second kappa shape index (κ2) is 5.38. The molecule has 1 rings (SSSR count). The van der Waals surface area contributed by atoms with Crippen LogP contribution in [0.25, 0.3) is 0 Å². The van der Waals surface area contributed by atoms with Crippen molar-refractivity contribution in [2.24, 2.45) is 11.8 Å². The summed E-state index contributed by atoms with van der Waals surface area (Å²) in [7, 11) is 0. The first-order valence-corrected chi connectivity index (χ1v) is 6.66. The molecule has 1 aliphatic rings. The fraction of sp³-hybridized carbons (Fsp3) is 0.929. The van der Waals surface area contributed by atoms with Gasteiger partial charge in [-0.05, 0) is 46.0 Å². The van der Waals surface area contributed by atoms with Gasteiger partial charge >= 0.3 is 5.97 Å². The van der Waals surface area contributed by atoms with Crippen LogP contribution in [0, 0.1) is 11.8 Å². The van der Waals surface area contributed by atoms with Crippen LogP contribution in [0.1, 0.15) is 48.0 Å². The molecule has 3 atom stereocenters. The molecule has 3 nitrogen and oxygen atoms in total. The molecule has 0 amide bonds. The smallest absolute Gasteiger partial charge is 0.323 e. The van der Waals surface area contributed by atoms with Crippen LogP contribution in [0.4, 0.5) is 0 Å². The lowest BCUT2D eigenvalue weighted by atomic mass is 9.91. The number of carbonyl (C=O) groups excluding carboxylic acids is 1. The molecule has 0 saturated carbocycles. The van der Waals surface area contributed by atoms with Gasteiger partial charge in [-0.3, -0.25) is 9.69 Å². The summed E-state index contributed by atoms with van der Waals surface area (Å²) >= 11 is 0. The molecule has 0 aliphatic carbocycles.